The highest BCUT2D eigenvalue weighted by atomic mass is 19.1. The van der Waals surface area contributed by atoms with Gasteiger partial charge in [0.25, 0.3) is 0 Å². The molecule has 1 fully saturated rings. The zero-order valence-electron chi connectivity index (χ0n) is 18.1. The summed E-state index contributed by atoms with van der Waals surface area (Å²) in [4.78, 5) is 26.8. The number of anilines is 1. The predicted molar refractivity (Wildman–Crippen MR) is 114 cm³/mol. The van der Waals surface area contributed by atoms with Gasteiger partial charge in [-0.3, -0.25) is 19.1 Å². The highest BCUT2D eigenvalue weighted by Crippen LogP contribution is 2.30. The maximum atomic E-state index is 13.8. The number of rotatable bonds is 6. The topological polar surface area (TPSA) is 87.4 Å². The first-order chi connectivity index (χ1) is 14.8. The van der Waals surface area contributed by atoms with Gasteiger partial charge in [0.1, 0.15) is 17.7 Å². The third kappa shape index (κ3) is 4.94. The Balaban J connectivity index is 1.81. The van der Waals surface area contributed by atoms with Crippen LogP contribution in [0.2, 0.25) is 0 Å². The van der Waals surface area contributed by atoms with Crippen LogP contribution in [-0.2, 0) is 14.3 Å². The van der Waals surface area contributed by atoms with Crippen molar-refractivity contribution in [2.75, 3.05) is 31.6 Å². The molecular formula is C23H27FN4O3. The van der Waals surface area contributed by atoms with Crippen molar-refractivity contribution in [3.05, 3.63) is 46.9 Å². The van der Waals surface area contributed by atoms with E-state index in [1.54, 1.807) is 30.5 Å². The van der Waals surface area contributed by atoms with Gasteiger partial charge in [0.2, 0.25) is 5.91 Å². The van der Waals surface area contributed by atoms with Gasteiger partial charge in [0.05, 0.1) is 30.3 Å². The number of esters is 1. The third-order valence-electron chi connectivity index (χ3n) is 5.64. The molecule has 1 N–H and O–H groups in total. The number of carbonyl (C=O) groups excluding carboxylic acids is 2. The van der Waals surface area contributed by atoms with E-state index in [0.717, 1.165) is 24.1 Å². The van der Waals surface area contributed by atoms with Crippen molar-refractivity contribution >= 4 is 17.7 Å². The average molecular weight is 426 g/mol. The molecular weight excluding hydrogens is 399 g/mol. The molecule has 2 aromatic rings. The minimum atomic E-state index is -0.405. The summed E-state index contributed by atoms with van der Waals surface area (Å²) in [5.74, 6) is -0.844. The van der Waals surface area contributed by atoms with Crippen molar-refractivity contribution in [3.8, 4) is 11.8 Å². The number of piperidine rings is 1. The Kier molecular flexibility index (Phi) is 7.08. The standard InChI is InChI=1S/C23H27FN4O3/c1-4-31-23(30)17-7-6-10-27(13-17)14-21(29)26-22-20(12-25)15(2)16(3)28(22)19-9-5-8-18(24)11-19/h5,8-9,11,17H,4,6-7,10,13-14H2,1-3H3,(H,26,29)/t17-/m1/s1. The molecule has 0 aliphatic carbocycles. The van der Waals surface area contributed by atoms with Gasteiger partial charge < -0.3 is 10.1 Å². The molecule has 0 saturated carbocycles. The van der Waals surface area contributed by atoms with Crippen molar-refractivity contribution in [2.45, 2.75) is 33.6 Å². The second-order valence-electron chi connectivity index (χ2n) is 7.74. The molecule has 1 aromatic heterocycles. The molecule has 1 saturated heterocycles. The molecule has 0 unspecified atom stereocenters. The van der Waals surface area contributed by atoms with Crippen LogP contribution in [-0.4, -0.2) is 47.6 Å². The number of hydrogen-bond acceptors (Lipinski definition) is 5. The lowest BCUT2D eigenvalue weighted by Crippen LogP contribution is -2.43. The molecule has 0 radical (unpaired) electrons. The molecule has 7 nitrogen and oxygen atoms in total. The minimum Gasteiger partial charge on any atom is -0.466 e. The zero-order valence-corrected chi connectivity index (χ0v) is 18.1. The van der Waals surface area contributed by atoms with Crippen molar-refractivity contribution in [3.63, 3.8) is 0 Å². The van der Waals surface area contributed by atoms with Crippen LogP contribution in [0.5, 0.6) is 0 Å². The summed E-state index contributed by atoms with van der Waals surface area (Å²) in [7, 11) is 0. The maximum absolute atomic E-state index is 13.8. The number of aromatic nitrogens is 1. The first-order valence-corrected chi connectivity index (χ1v) is 10.4. The summed E-state index contributed by atoms with van der Waals surface area (Å²) in [6.45, 7) is 6.99. The summed E-state index contributed by atoms with van der Waals surface area (Å²) in [6.07, 6.45) is 1.55. The van der Waals surface area contributed by atoms with Crippen LogP contribution in [0.3, 0.4) is 0 Å². The molecule has 1 aliphatic rings. The normalized spacial score (nSPS) is 16.5. The molecule has 31 heavy (non-hydrogen) atoms. The zero-order chi connectivity index (χ0) is 22.5. The van der Waals surface area contributed by atoms with E-state index in [4.69, 9.17) is 4.74 Å². The summed E-state index contributed by atoms with van der Waals surface area (Å²) < 4.78 is 20.6. The first kappa shape index (κ1) is 22.5. The van der Waals surface area contributed by atoms with E-state index in [9.17, 15) is 19.2 Å². The number of nitriles is 1. The summed E-state index contributed by atoms with van der Waals surface area (Å²) in [6, 6.07) is 8.16. The van der Waals surface area contributed by atoms with E-state index in [2.05, 4.69) is 11.4 Å². The van der Waals surface area contributed by atoms with Gasteiger partial charge in [-0.2, -0.15) is 5.26 Å². The Hall–Kier alpha value is -3.18. The number of nitrogens with one attached hydrogen (secondary N) is 1. The quantitative estimate of drug-likeness (QED) is 0.716. The lowest BCUT2D eigenvalue weighted by molar-refractivity contribution is -0.150. The predicted octanol–water partition coefficient (Wildman–Crippen LogP) is 3.32. The summed E-state index contributed by atoms with van der Waals surface area (Å²) >= 11 is 0. The fourth-order valence-corrected chi connectivity index (χ4v) is 4.03. The summed E-state index contributed by atoms with van der Waals surface area (Å²) in [5.41, 5.74) is 2.34. The van der Waals surface area contributed by atoms with Crippen molar-refractivity contribution < 1.29 is 18.7 Å². The van der Waals surface area contributed by atoms with Gasteiger partial charge >= 0.3 is 5.97 Å². The van der Waals surface area contributed by atoms with Gasteiger partial charge in [-0.05, 0) is 63.9 Å². The van der Waals surface area contributed by atoms with Gasteiger partial charge in [0, 0.05) is 12.2 Å². The van der Waals surface area contributed by atoms with E-state index in [1.807, 2.05) is 11.8 Å². The molecule has 3 rings (SSSR count). The second-order valence-corrected chi connectivity index (χ2v) is 7.74. The van der Waals surface area contributed by atoms with Crippen LogP contribution in [0.25, 0.3) is 5.69 Å². The van der Waals surface area contributed by atoms with Gasteiger partial charge in [-0.15, -0.1) is 0 Å². The van der Waals surface area contributed by atoms with E-state index in [0.29, 0.717) is 36.8 Å². The molecule has 1 aromatic carbocycles. The molecule has 0 spiro atoms. The van der Waals surface area contributed by atoms with Crippen LogP contribution >= 0.6 is 0 Å². The SMILES string of the molecule is CCOC(=O)[C@@H]1CCCN(CC(=O)Nc2c(C#N)c(C)c(C)n2-c2cccc(F)c2)C1. The number of nitrogens with zero attached hydrogens (tertiary/aromatic N) is 3. The van der Waals surface area contributed by atoms with Crippen LogP contribution < -0.4 is 5.32 Å². The van der Waals surface area contributed by atoms with E-state index in [1.165, 1.54) is 12.1 Å². The van der Waals surface area contributed by atoms with Gasteiger partial charge in [-0.25, -0.2) is 4.39 Å². The molecule has 164 valence electrons. The molecule has 1 aliphatic heterocycles. The van der Waals surface area contributed by atoms with Crippen molar-refractivity contribution in [2.24, 2.45) is 5.92 Å². The smallest absolute Gasteiger partial charge is 0.310 e. The summed E-state index contributed by atoms with van der Waals surface area (Å²) in [5, 5.41) is 12.5. The van der Waals surface area contributed by atoms with Crippen LogP contribution in [0.1, 0.15) is 36.6 Å². The minimum absolute atomic E-state index is 0.0905. The molecule has 8 heteroatoms. The lowest BCUT2D eigenvalue weighted by atomic mass is 9.98. The Bertz CT molecular complexity index is 1020. The Labute approximate surface area is 181 Å². The van der Waals surface area contributed by atoms with Crippen molar-refractivity contribution in [1.82, 2.24) is 9.47 Å². The van der Waals surface area contributed by atoms with Gasteiger partial charge in [-0.1, -0.05) is 6.07 Å². The first-order valence-electron chi connectivity index (χ1n) is 10.4. The van der Waals surface area contributed by atoms with Gasteiger partial charge in [0.15, 0.2) is 0 Å². The molecule has 2 heterocycles. The number of benzene rings is 1. The van der Waals surface area contributed by atoms with Crippen LogP contribution in [0.4, 0.5) is 10.2 Å². The molecule has 1 amide bonds. The lowest BCUT2D eigenvalue weighted by Gasteiger charge is -2.30. The number of halogens is 1. The fraction of sp³-hybridized carbons (Fsp3) is 0.435. The maximum Gasteiger partial charge on any atom is 0.310 e. The Morgan fingerprint density at radius 2 is 2.13 bits per heavy atom. The number of ether oxygens (including phenoxy) is 1. The Morgan fingerprint density at radius 3 is 2.81 bits per heavy atom. The largest absolute Gasteiger partial charge is 0.466 e. The highest BCUT2D eigenvalue weighted by Gasteiger charge is 2.28. The monoisotopic (exact) mass is 426 g/mol. The van der Waals surface area contributed by atoms with E-state index in [-0.39, 0.29) is 24.3 Å². The van der Waals surface area contributed by atoms with Crippen LogP contribution in [0, 0.1) is 36.9 Å². The van der Waals surface area contributed by atoms with Crippen LogP contribution in [0.15, 0.2) is 24.3 Å². The number of hydrogen-bond donors (Lipinski definition) is 1. The second kappa shape index (κ2) is 9.75. The number of likely N-dealkylation sites (tertiary alicyclic amines) is 1. The highest BCUT2D eigenvalue weighted by molar-refractivity contribution is 5.93. The Morgan fingerprint density at radius 1 is 1.35 bits per heavy atom. The molecule has 1 atom stereocenters. The van der Waals surface area contributed by atoms with E-state index >= 15 is 0 Å². The number of amides is 1. The van der Waals surface area contributed by atoms with Crippen molar-refractivity contribution in [1.29, 1.82) is 5.26 Å². The third-order valence-corrected chi connectivity index (χ3v) is 5.64. The average Bonchev–Trinajstić information content (AvgIpc) is 2.97. The fourth-order valence-electron chi connectivity index (χ4n) is 4.03. The molecule has 0 bridgehead atoms. The number of carbonyl (C=O) groups is 2. The van der Waals surface area contributed by atoms with E-state index < -0.39 is 5.82 Å².